The monoisotopic (exact) mass is 386 g/mol. The minimum Gasteiger partial charge on any atom is -0.350 e. The van der Waals surface area contributed by atoms with Gasteiger partial charge in [0.25, 0.3) is 0 Å². The highest BCUT2D eigenvalue weighted by molar-refractivity contribution is 6.09. The van der Waals surface area contributed by atoms with Crippen molar-refractivity contribution in [1.82, 2.24) is 15.3 Å². The number of carbonyl (C=O) groups is 2. The maximum atomic E-state index is 13.4. The van der Waals surface area contributed by atoms with Gasteiger partial charge in [0, 0.05) is 25.4 Å². The first-order chi connectivity index (χ1) is 14.1. The lowest BCUT2D eigenvalue weighted by Gasteiger charge is -2.28. The molecule has 2 aromatic carbocycles. The van der Waals surface area contributed by atoms with E-state index < -0.39 is 5.41 Å². The molecule has 6 nitrogen and oxygen atoms in total. The number of likely N-dealkylation sites (N-methyl/N-ethyl adjacent to an activating group) is 1. The molecule has 0 aliphatic carbocycles. The molecule has 146 valence electrons. The van der Waals surface area contributed by atoms with Crippen molar-refractivity contribution < 1.29 is 9.59 Å². The molecular weight excluding hydrogens is 364 g/mol. The molecule has 0 radical (unpaired) electrons. The fraction of sp³-hybridized carbons (Fsp3) is 0.217. The summed E-state index contributed by atoms with van der Waals surface area (Å²) in [5.74, 6) is -0.238. The fourth-order valence-corrected chi connectivity index (χ4v) is 4.01. The highest BCUT2D eigenvalue weighted by Gasteiger charge is 2.50. The molecule has 0 saturated carbocycles. The smallest absolute Gasteiger partial charge is 0.238 e. The molecule has 1 aliphatic heterocycles. The summed E-state index contributed by atoms with van der Waals surface area (Å²) in [7, 11) is 1.77. The standard InChI is InChI=1S/C23H22N4O2/c1-27-20-10-6-5-9-19(20)23(22(27)29,13-17-7-3-2-4-8-17)14-21(28)25-15-18-11-12-24-16-26-18/h2-12,16H,13-15H2,1H3,(H,25,28)/t23-/m1/s1. The van der Waals surface area contributed by atoms with Gasteiger partial charge in [-0.1, -0.05) is 48.5 Å². The van der Waals surface area contributed by atoms with Crippen LogP contribution in [0.3, 0.4) is 0 Å². The first kappa shape index (κ1) is 18.8. The Morgan fingerprint density at radius 3 is 2.59 bits per heavy atom. The van der Waals surface area contributed by atoms with Crippen molar-refractivity contribution >= 4 is 17.5 Å². The van der Waals surface area contributed by atoms with Gasteiger partial charge in [-0.05, 0) is 29.7 Å². The molecule has 29 heavy (non-hydrogen) atoms. The lowest BCUT2D eigenvalue weighted by Crippen LogP contribution is -2.44. The zero-order valence-electron chi connectivity index (χ0n) is 16.2. The van der Waals surface area contributed by atoms with Crippen LogP contribution in [0.2, 0.25) is 0 Å². The highest BCUT2D eigenvalue weighted by atomic mass is 16.2. The topological polar surface area (TPSA) is 75.2 Å². The van der Waals surface area contributed by atoms with Gasteiger partial charge in [-0.2, -0.15) is 0 Å². The van der Waals surface area contributed by atoms with E-state index in [0.29, 0.717) is 13.0 Å². The summed E-state index contributed by atoms with van der Waals surface area (Å²) in [6.07, 6.45) is 3.63. The molecule has 4 rings (SSSR count). The summed E-state index contributed by atoms with van der Waals surface area (Å²) in [4.78, 5) is 36.0. The Morgan fingerprint density at radius 1 is 1.07 bits per heavy atom. The Kier molecular flexibility index (Phi) is 5.08. The average Bonchev–Trinajstić information content (AvgIpc) is 2.96. The summed E-state index contributed by atoms with van der Waals surface area (Å²) in [5.41, 5.74) is 2.57. The second kappa shape index (κ2) is 7.83. The number of hydrogen-bond donors (Lipinski definition) is 1. The van der Waals surface area contributed by atoms with Crippen LogP contribution in [0.1, 0.15) is 23.2 Å². The van der Waals surface area contributed by atoms with Crippen LogP contribution >= 0.6 is 0 Å². The third-order valence-electron chi connectivity index (χ3n) is 5.42. The maximum absolute atomic E-state index is 13.4. The predicted molar refractivity (Wildman–Crippen MR) is 110 cm³/mol. The molecule has 0 unspecified atom stereocenters. The van der Waals surface area contributed by atoms with E-state index in [1.54, 1.807) is 24.2 Å². The van der Waals surface area contributed by atoms with Gasteiger partial charge in [-0.3, -0.25) is 9.59 Å². The summed E-state index contributed by atoms with van der Waals surface area (Å²) in [6.45, 7) is 0.300. The van der Waals surface area contributed by atoms with E-state index in [0.717, 1.165) is 22.5 Å². The van der Waals surface area contributed by atoms with E-state index >= 15 is 0 Å². The van der Waals surface area contributed by atoms with Gasteiger partial charge >= 0.3 is 0 Å². The second-order valence-corrected chi connectivity index (χ2v) is 7.28. The van der Waals surface area contributed by atoms with Crippen molar-refractivity contribution in [3.8, 4) is 0 Å². The summed E-state index contributed by atoms with van der Waals surface area (Å²) in [5, 5.41) is 2.90. The van der Waals surface area contributed by atoms with Crippen LogP contribution in [-0.2, 0) is 28.0 Å². The number of nitrogens with one attached hydrogen (secondary N) is 1. The van der Waals surface area contributed by atoms with E-state index in [1.165, 1.54) is 6.33 Å². The van der Waals surface area contributed by atoms with E-state index in [-0.39, 0.29) is 18.2 Å². The van der Waals surface area contributed by atoms with Gasteiger partial charge in [-0.15, -0.1) is 0 Å². The molecule has 0 spiro atoms. The van der Waals surface area contributed by atoms with Crippen LogP contribution in [0.5, 0.6) is 0 Å². The highest BCUT2D eigenvalue weighted by Crippen LogP contribution is 2.45. The lowest BCUT2D eigenvalue weighted by molar-refractivity contribution is -0.129. The fourth-order valence-electron chi connectivity index (χ4n) is 4.01. The maximum Gasteiger partial charge on any atom is 0.238 e. The molecule has 2 heterocycles. The van der Waals surface area contributed by atoms with Crippen molar-refractivity contribution in [1.29, 1.82) is 0 Å². The Labute approximate surface area is 169 Å². The normalized spacial score (nSPS) is 17.8. The van der Waals surface area contributed by atoms with Crippen LogP contribution in [0.4, 0.5) is 5.69 Å². The lowest BCUT2D eigenvalue weighted by atomic mass is 9.73. The Balaban J connectivity index is 1.64. The van der Waals surface area contributed by atoms with Gasteiger partial charge < -0.3 is 10.2 Å². The van der Waals surface area contributed by atoms with Gasteiger partial charge in [0.05, 0.1) is 17.7 Å². The minimum atomic E-state index is -0.928. The van der Waals surface area contributed by atoms with E-state index in [1.807, 2.05) is 54.6 Å². The van der Waals surface area contributed by atoms with Gasteiger partial charge in [0.15, 0.2) is 0 Å². The Hall–Kier alpha value is -3.54. The molecule has 1 atom stereocenters. The number of nitrogens with zero attached hydrogens (tertiary/aromatic N) is 3. The number of rotatable bonds is 6. The molecule has 0 bridgehead atoms. The number of fused-ring (bicyclic) bond motifs is 1. The number of hydrogen-bond acceptors (Lipinski definition) is 4. The van der Waals surface area contributed by atoms with Crippen molar-refractivity contribution in [3.63, 3.8) is 0 Å². The molecule has 6 heteroatoms. The van der Waals surface area contributed by atoms with Crippen LogP contribution in [0.25, 0.3) is 0 Å². The first-order valence-electron chi connectivity index (χ1n) is 9.53. The molecular formula is C23H22N4O2. The van der Waals surface area contributed by atoms with Crippen LogP contribution in [0.15, 0.2) is 73.2 Å². The zero-order chi connectivity index (χ0) is 20.3. The van der Waals surface area contributed by atoms with Crippen molar-refractivity contribution in [2.75, 3.05) is 11.9 Å². The minimum absolute atomic E-state index is 0.0558. The predicted octanol–water partition coefficient (Wildman–Crippen LogP) is 2.64. The van der Waals surface area contributed by atoms with Gasteiger partial charge in [-0.25, -0.2) is 9.97 Å². The van der Waals surface area contributed by atoms with Crippen LogP contribution in [-0.4, -0.2) is 28.8 Å². The number of para-hydroxylation sites is 1. The Morgan fingerprint density at radius 2 is 1.83 bits per heavy atom. The average molecular weight is 386 g/mol. The third-order valence-corrected chi connectivity index (χ3v) is 5.42. The number of aromatic nitrogens is 2. The van der Waals surface area contributed by atoms with Crippen LogP contribution in [0, 0.1) is 0 Å². The zero-order valence-corrected chi connectivity index (χ0v) is 16.2. The second-order valence-electron chi connectivity index (χ2n) is 7.28. The third kappa shape index (κ3) is 3.61. The first-order valence-corrected chi connectivity index (χ1v) is 9.53. The van der Waals surface area contributed by atoms with E-state index in [9.17, 15) is 9.59 Å². The number of amides is 2. The quantitative estimate of drug-likeness (QED) is 0.707. The van der Waals surface area contributed by atoms with Gasteiger partial charge in [0.1, 0.15) is 6.33 Å². The summed E-state index contributed by atoms with van der Waals surface area (Å²) in [6, 6.07) is 19.3. The van der Waals surface area contributed by atoms with E-state index in [4.69, 9.17) is 0 Å². The summed E-state index contributed by atoms with van der Waals surface area (Å²) < 4.78 is 0. The number of carbonyl (C=O) groups excluding carboxylic acids is 2. The molecule has 0 fully saturated rings. The van der Waals surface area contributed by atoms with Crippen molar-refractivity contribution in [3.05, 3.63) is 90.0 Å². The number of benzene rings is 2. The largest absolute Gasteiger partial charge is 0.350 e. The molecule has 1 aliphatic rings. The summed E-state index contributed by atoms with van der Waals surface area (Å²) >= 11 is 0. The van der Waals surface area contributed by atoms with Crippen molar-refractivity contribution in [2.24, 2.45) is 0 Å². The molecule has 0 saturated heterocycles. The molecule has 2 amide bonds. The number of anilines is 1. The van der Waals surface area contributed by atoms with Gasteiger partial charge in [0.2, 0.25) is 11.8 Å². The van der Waals surface area contributed by atoms with Crippen molar-refractivity contribution in [2.45, 2.75) is 24.8 Å². The molecule has 3 aromatic rings. The Bertz CT molecular complexity index is 1020. The van der Waals surface area contributed by atoms with E-state index in [2.05, 4.69) is 15.3 Å². The van der Waals surface area contributed by atoms with Crippen LogP contribution < -0.4 is 10.2 Å². The molecule has 1 aromatic heterocycles. The SMILES string of the molecule is CN1C(=O)[C@@](CC(=O)NCc2ccncn2)(Cc2ccccc2)c2ccccc21. The molecule has 1 N–H and O–H groups in total.